The fourth-order valence-corrected chi connectivity index (χ4v) is 1.91. The largest absolute Gasteiger partial charge is 0.478 e. The third-order valence-corrected chi connectivity index (χ3v) is 3.01. The van der Waals surface area contributed by atoms with Crippen LogP contribution >= 0.6 is 0 Å². The molecule has 1 aromatic heterocycles. The molecule has 1 atom stereocenters. The van der Waals surface area contributed by atoms with E-state index in [0.717, 1.165) is 6.42 Å². The highest BCUT2D eigenvalue weighted by Crippen LogP contribution is 2.21. The average Bonchev–Trinajstić information content (AvgIpc) is 2.43. The fourth-order valence-electron chi connectivity index (χ4n) is 1.91. The summed E-state index contributed by atoms with van der Waals surface area (Å²) in [4.78, 5) is 15.7. The number of carbonyl (C=O) groups is 1. The summed E-state index contributed by atoms with van der Waals surface area (Å²) in [5.41, 5.74) is 0.832. The minimum absolute atomic E-state index is 0.0204. The number of aliphatic hydroxyl groups excluding tert-OH is 1. The Morgan fingerprint density at radius 1 is 1.42 bits per heavy atom. The maximum atomic E-state index is 11.3. The standard InChI is InChI=1S/C14H16N2O3/c1-2-9(8-17)15-13-7-11(14(18)19)10-5-3-4-6-12(10)16-13/h3-7,9,17H,2,8H2,1H3,(H,15,16)(H,18,19). The highest BCUT2D eigenvalue weighted by molar-refractivity contribution is 6.03. The zero-order chi connectivity index (χ0) is 13.8. The van der Waals surface area contributed by atoms with Gasteiger partial charge in [0.05, 0.1) is 23.7 Å². The Hall–Kier alpha value is -2.14. The van der Waals surface area contributed by atoms with E-state index < -0.39 is 5.97 Å². The number of carboxylic acid groups (broad SMARTS) is 1. The van der Waals surface area contributed by atoms with Gasteiger partial charge in [-0.1, -0.05) is 25.1 Å². The summed E-state index contributed by atoms with van der Waals surface area (Å²) in [6, 6.07) is 8.48. The first kappa shape index (κ1) is 13.3. The van der Waals surface area contributed by atoms with E-state index in [4.69, 9.17) is 0 Å². The van der Waals surface area contributed by atoms with Crippen LogP contribution in [0.5, 0.6) is 0 Å². The average molecular weight is 260 g/mol. The summed E-state index contributed by atoms with van der Waals surface area (Å²) in [5, 5.41) is 22.1. The molecule has 0 aliphatic rings. The molecule has 0 radical (unpaired) electrons. The van der Waals surface area contributed by atoms with Crippen molar-refractivity contribution in [3.63, 3.8) is 0 Å². The third kappa shape index (κ3) is 2.82. The lowest BCUT2D eigenvalue weighted by Crippen LogP contribution is -2.23. The number of hydrogen-bond donors (Lipinski definition) is 3. The maximum Gasteiger partial charge on any atom is 0.336 e. The maximum absolute atomic E-state index is 11.3. The number of hydrogen-bond acceptors (Lipinski definition) is 4. The van der Waals surface area contributed by atoms with Gasteiger partial charge >= 0.3 is 5.97 Å². The van der Waals surface area contributed by atoms with Gasteiger partial charge < -0.3 is 15.5 Å². The number of carboxylic acids is 1. The van der Waals surface area contributed by atoms with Crippen molar-refractivity contribution in [1.82, 2.24) is 4.98 Å². The number of anilines is 1. The number of nitrogens with zero attached hydrogens (tertiary/aromatic N) is 1. The number of rotatable bonds is 5. The van der Waals surface area contributed by atoms with Gasteiger partial charge in [0, 0.05) is 5.39 Å². The van der Waals surface area contributed by atoms with E-state index in [1.54, 1.807) is 18.2 Å². The molecule has 0 amide bonds. The molecule has 5 nitrogen and oxygen atoms in total. The van der Waals surface area contributed by atoms with Crippen molar-refractivity contribution in [1.29, 1.82) is 0 Å². The molecule has 3 N–H and O–H groups in total. The second-order valence-corrected chi connectivity index (χ2v) is 4.31. The minimum Gasteiger partial charge on any atom is -0.478 e. The summed E-state index contributed by atoms with van der Waals surface area (Å²) >= 11 is 0. The molecule has 19 heavy (non-hydrogen) atoms. The van der Waals surface area contributed by atoms with E-state index in [-0.39, 0.29) is 18.2 Å². The highest BCUT2D eigenvalue weighted by Gasteiger charge is 2.13. The van der Waals surface area contributed by atoms with Crippen molar-refractivity contribution in [3.8, 4) is 0 Å². The summed E-state index contributed by atoms with van der Waals surface area (Å²) in [5.74, 6) is -0.518. The zero-order valence-corrected chi connectivity index (χ0v) is 10.6. The van der Waals surface area contributed by atoms with Gasteiger partial charge in [-0.15, -0.1) is 0 Å². The Morgan fingerprint density at radius 3 is 2.79 bits per heavy atom. The fraction of sp³-hybridized carbons (Fsp3) is 0.286. The van der Waals surface area contributed by atoms with Crippen molar-refractivity contribution in [3.05, 3.63) is 35.9 Å². The molecule has 0 saturated carbocycles. The lowest BCUT2D eigenvalue weighted by molar-refractivity contribution is 0.0699. The van der Waals surface area contributed by atoms with E-state index >= 15 is 0 Å². The highest BCUT2D eigenvalue weighted by atomic mass is 16.4. The number of aliphatic hydroxyl groups is 1. The van der Waals surface area contributed by atoms with Crippen LogP contribution in [-0.4, -0.2) is 33.8 Å². The first-order chi connectivity index (χ1) is 9.15. The number of benzene rings is 1. The van der Waals surface area contributed by atoms with E-state index in [1.807, 2.05) is 13.0 Å². The van der Waals surface area contributed by atoms with Crippen LogP contribution in [0.25, 0.3) is 10.9 Å². The molecule has 0 saturated heterocycles. The van der Waals surface area contributed by atoms with Crippen LogP contribution < -0.4 is 5.32 Å². The quantitative estimate of drug-likeness (QED) is 0.767. The smallest absolute Gasteiger partial charge is 0.336 e. The number of nitrogens with one attached hydrogen (secondary N) is 1. The normalized spacial score (nSPS) is 12.3. The number of aromatic nitrogens is 1. The van der Waals surface area contributed by atoms with Crippen molar-refractivity contribution in [2.75, 3.05) is 11.9 Å². The number of aromatic carboxylic acids is 1. The van der Waals surface area contributed by atoms with Crippen molar-refractivity contribution in [2.45, 2.75) is 19.4 Å². The van der Waals surface area contributed by atoms with Crippen LogP contribution in [0.4, 0.5) is 5.82 Å². The van der Waals surface area contributed by atoms with Crippen molar-refractivity contribution in [2.24, 2.45) is 0 Å². The van der Waals surface area contributed by atoms with Gasteiger partial charge in [-0.3, -0.25) is 0 Å². The third-order valence-electron chi connectivity index (χ3n) is 3.01. The molecular formula is C14H16N2O3. The molecule has 1 heterocycles. The molecule has 0 bridgehead atoms. The molecular weight excluding hydrogens is 244 g/mol. The molecule has 5 heteroatoms. The van der Waals surface area contributed by atoms with Crippen LogP contribution in [0.3, 0.4) is 0 Å². The summed E-state index contributed by atoms with van der Waals surface area (Å²) in [6.07, 6.45) is 0.730. The van der Waals surface area contributed by atoms with E-state index in [1.165, 1.54) is 6.07 Å². The molecule has 0 aliphatic heterocycles. The predicted molar refractivity (Wildman–Crippen MR) is 73.5 cm³/mol. The molecule has 0 aliphatic carbocycles. The van der Waals surface area contributed by atoms with Crippen molar-refractivity contribution < 1.29 is 15.0 Å². The monoisotopic (exact) mass is 260 g/mol. The van der Waals surface area contributed by atoms with E-state index in [9.17, 15) is 15.0 Å². The zero-order valence-electron chi connectivity index (χ0n) is 10.6. The Balaban J connectivity index is 2.49. The van der Waals surface area contributed by atoms with Gasteiger partial charge in [-0.05, 0) is 18.6 Å². The Kier molecular flexibility index (Phi) is 3.97. The second-order valence-electron chi connectivity index (χ2n) is 4.31. The SMILES string of the molecule is CCC(CO)Nc1cc(C(=O)O)c2ccccc2n1. The first-order valence-electron chi connectivity index (χ1n) is 6.16. The summed E-state index contributed by atoms with van der Waals surface area (Å²) in [7, 11) is 0. The molecule has 0 fully saturated rings. The number of pyridine rings is 1. The van der Waals surface area contributed by atoms with Gasteiger partial charge in [-0.2, -0.15) is 0 Å². The Bertz CT molecular complexity index is 594. The Labute approximate surface area is 110 Å². The molecule has 100 valence electrons. The number of fused-ring (bicyclic) bond motifs is 1. The first-order valence-corrected chi connectivity index (χ1v) is 6.16. The van der Waals surface area contributed by atoms with Gasteiger partial charge in [0.1, 0.15) is 5.82 Å². The molecule has 2 rings (SSSR count). The van der Waals surface area contributed by atoms with Gasteiger partial charge in [0.15, 0.2) is 0 Å². The van der Waals surface area contributed by atoms with Crippen LogP contribution in [0.15, 0.2) is 30.3 Å². The molecule has 2 aromatic rings. The lowest BCUT2D eigenvalue weighted by atomic mass is 10.1. The van der Waals surface area contributed by atoms with Crippen molar-refractivity contribution >= 4 is 22.7 Å². The summed E-state index contributed by atoms with van der Waals surface area (Å²) < 4.78 is 0. The Morgan fingerprint density at radius 2 is 2.16 bits per heavy atom. The predicted octanol–water partition coefficient (Wildman–Crippen LogP) is 2.12. The molecule has 1 unspecified atom stereocenters. The van der Waals surface area contributed by atoms with Gasteiger partial charge in [0.2, 0.25) is 0 Å². The minimum atomic E-state index is -0.987. The topological polar surface area (TPSA) is 82.5 Å². The van der Waals surface area contributed by atoms with E-state index in [2.05, 4.69) is 10.3 Å². The summed E-state index contributed by atoms with van der Waals surface area (Å²) in [6.45, 7) is 1.92. The second kappa shape index (κ2) is 5.67. The molecule has 0 spiro atoms. The van der Waals surface area contributed by atoms with Crippen LogP contribution in [-0.2, 0) is 0 Å². The van der Waals surface area contributed by atoms with Gasteiger partial charge in [-0.25, -0.2) is 9.78 Å². The van der Waals surface area contributed by atoms with Gasteiger partial charge in [0.25, 0.3) is 0 Å². The van der Waals surface area contributed by atoms with E-state index in [0.29, 0.717) is 16.7 Å². The number of para-hydroxylation sites is 1. The van der Waals surface area contributed by atoms with Crippen LogP contribution in [0, 0.1) is 0 Å². The molecule has 1 aromatic carbocycles. The van der Waals surface area contributed by atoms with Crippen LogP contribution in [0.1, 0.15) is 23.7 Å². The van der Waals surface area contributed by atoms with Crippen LogP contribution in [0.2, 0.25) is 0 Å². The lowest BCUT2D eigenvalue weighted by Gasteiger charge is -2.15.